The Bertz CT molecular complexity index is 1050. The molecular formula is C25H32FN3O5. The third-order valence-corrected chi connectivity index (χ3v) is 5.59. The van der Waals surface area contributed by atoms with Crippen LogP contribution < -0.4 is 9.64 Å². The largest absolute Gasteiger partial charge is 0.478 e. The van der Waals surface area contributed by atoms with Gasteiger partial charge >= 0.3 is 12.1 Å². The topological polar surface area (TPSA) is 92.2 Å². The molecular weight excluding hydrogens is 441 g/mol. The van der Waals surface area contributed by atoms with Crippen LogP contribution in [0.1, 0.15) is 51.4 Å². The summed E-state index contributed by atoms with van der Waals surface area (Å²) in [5.41, 5.74) is -0.243. The van der Waals surface area contributed by atoms with E-state index >= 15 is 4.39 Å². The lowest BCUT2D eigenvalue weighted by Crippen LogP contribution is -2.55. The van der Waals surface area contributed by atoms with Crippen molar-refractivity contribution in [2.75, 3.05) is 31.1 Å². The third-order valence-electron chi connectivity index (χ3n) is 5.59. The minimum Gasteiger partial charge on any atom is -0.478 e. The molecule has 0 unspecified atom stereocenters. The van der Waals surface area contributed by atoms with E-state index in [1.54, 1.807) is 56.9 Å². The van der Waals surface area contributed by atoms with Gasteiger partial charge in [-0.2, -0.15) is 0 Å². The first-order valence-electron chi connectivity index (χ1n) is 11.5. The first-order valence-corrected chi connectivity index (χ1v) is 11.5. The minimum atomic E-state index is -1.36. The molecule has 0 spiro atoms. The lowest BCUT2D eigenvalue weighted by atomic mass is 9.99. The molecule has 1 fully saturated rings. The summed E-state index contributed by atoms with van der Waals surface area (Å²) < 4.78 is 26.7. The second-order valence-corrected chi connectivity index (χ2v) is 9.10. The maximum Gasteiger partial charge on any atom is 0.410 e. The zero-order valence-electron chi connectivity index (χ0n) is 20.3. The number of benzene rings is 1. The fourth-order valence-corrected chi connectivity index (χ4v) is 4.08. The Labute approximate surface area is 199 Å². The molecule has 1 atom stereocenters. The summed E-state index contributed by atoms with van der Waals surface area (Å²) in [5.74, 6) is -1.96. The van der Waals surface area contributed by atoms with Gasteiger partial charge in [-0.05, 0) is 58.4 Å². The standard InChI is InChI=1S/C25H32FN3O5/c1-6-16-15-28(24(32)34-25(3,4)5)13-14-29(16)19-11-10-17(21(26)20(19)23(30)31)18-9-8-12-27-22(18)33-7-2/h8-12,16H,6-7,13-15H2,1-5H3,(H,30,31)/t16-/m1/s1. The molecule has 2 aromatic rings. The monoisotopic (exact) mass is 473 g/mol. The van der Waals surface area contributed by atoms with Crippen LogP contribution >= 0.6 is 0 Å². The number of rotatable bonds is 6. The van der Waals surface area contributed by atoms with Gasteiger partial charge in [-0.15, -0.1) is 0 Å². The summed E-state index contributed by atoms with van der Waals surface area (Å²) in [5, 5.41) is 9.95. The van der Waals surface area contributed by atoms with Crippen molar-refractivity contribution >= 4 is 17.7 Å². The molecule has 184 valence electrons. The predicted octanol–water partition coefficient (Wildman–Crippen LogP) is 4.82. The summed E-state index contributed by atoms with van der Waals surface area (Å²) in [6.45, 7) is 10.6. The van der Waals surface area contributed by atoms with Gasteiger partial charge in [0.1, 0.15) is 17.0 Å². The number of nitrogens with zero attached hydrogens (tertiary/aromatic N) is 3. The second-order valence-electron chi connectivity index (χ2n) is 9.10. The smallest absolute Gasteiger partial charge is 0.410 e. The number of anilines is 1. The average Bonchev–Trinajstić information content (AvgIpc) is 2.78. The van der Waals surface area contributed by atoms with Gasteiger partial charge in [-0.1, -0.05) is 6.92 Å². The van der Waals surface area contributed by atoms with Gasteiger partial charge < -0.3 is 24.4 Å². The number of amides is 1. The van der Waals surface area contributed by atoms with Gasteiger partial charge in [0.2, 0.25) is 5.88 Å². The van der Waals surface area contributed by atoms with Gasteiger partial charge in [-0.3, -0.25) is 0 Å². The van der Waals surface area contributed by atoms with E-state index in [0.29, 0.717) is 38.2 Å². The fraction of sp³-hybridized carbons (Fsp3) is 0.480. The molecule has 0 bridgehead atoms. The van der Waals surface area contributed by atoms with E-state index in [9.17, 15) is 14.7 Å². The van der Waals surface area contributed by atoms with Crippen LogP contribution in [0.25, 0.3) is 11.1 Å². The van der Waals surface area contributed by atoms with Crippen LogP contribution in [0.2, 0.25) is 0 Å². The maximum absolute atomic E-state index is 15.7. The average molecular weight is 474 g/mol. The number of aromatic nitrogens is 1. The molecule has 1 saturated heterocycles. The van der Waals surface area contributed by atoms with Crippen LogP contribution in [0.15, 0.2) is 30.5 Å². The van der Waals surface area contributed by atoms with Crippen molar-refractivity contribution in [1.82, 2.24) is 9.88 Å². The van der Waals surface area contributed by atoms with Crippen LogP contribution in [-0.2, 0) is 4.74 Å². The molecule has 1 aromatic heterocycles. The highest BCUT2D eigenvalue weighted by atomic mass is 19.1. The Kier molecular flexibility index (Phi) is 7.64. The van der Waals surface area contributed by atoms with E-state index in [4.69, 9.17) is 9.47 Å². The second kappa shape index (κ2) is 10.3. The summed E-state index contributed by atoms with van der Waals surface area (Å²) in [7, 11) is 0. The van der Waals surface area contributed by atoms with E-state index in [2.05, 4.69) is 4.98 Å². The zero-order valence-corrected chi connectivity index (χ0v) is 20.3. The Hall–Kier alpha value is -3.36. The van der Waals surface area contributed by atoms with Crippen LogP contribution in [0.3, 0.4) is 0 Å². The Morgan fingerprint density at radius 1 is 1.18 bits per heavy atom. The highest BCUT2D eigenvalue weighted by Crippen LogP contribution is 2.37. The Morgan fingerprint density at radius 2 is 1.91 bits per heavy atom. The first kappa shape index (κ1) is 25.3. The molecule has 34 heavy (non-hydrogen) atoms. The number of halogens is 1. The van der Waals surface area contributed by atoms with Crippen LogP contribution in [0.4, 0.5) is 14.9 Å². The van der Waals surface area contributed by atoms with Gasteiger partial charge in [0, 0.05) is 43.0 Å². The molecule has 1 N–H and O–H groups in total. The summed E-state index contributed by atoms with van der Waals surface area (Å²) in [6, 6.07) is 6.28. The minimum absolute atomic E-state index is 0.109. The van der Waals surface area contributed by atoms with Crippen molar-refractivity contribution in [2.24, 2.45) is 0 Å². The van der Waals surface area contributed by atoms with Crippen molar-refractivity contribution in [3.05, 3.63) is 41.8 Å². The molecule has 1 aliphatic rings. The first-order chi connectivity index (χ1) is 16.1. The van der Waals surface area contributed by atoms with Crippen molar-refractivity contribution in [3.8, 4) is 17.0 Å². The fourth-order valence-electron chi connectivity index (χ4n) is 4.08. The van der Waals surface area contributed by atoms with E-state index in [0.717, 1.165) is 0 Å². The number of piperazine rings is 1. The molecule has 9 heteroatoms. The van der Waals surface area contributed by atoms with Crippen LogP contribution in [0, 0.1) is 5.82 Å². The van der Waals surface area contributed by atoms with Gasteiger partial charge in [0.05, 0.1) is 12.3 Å². The quantitative estimate of drug-likeness (QED) is 0.643. The molecule has 2 heterocycles. The lowest BCUT2D eigenvalue weighted by Gasteiger charge is -2.43. The van der Waals surface area contributed by atoms with Crippen molar-refractivity contribution in [2.45, 2.75) is 52.7 Å². The highest BCUT2D eigenvalue weighted by Gasteiger charge is 2.34. The number of pyridine rings is 1. The Morgan fingerprint density at radius 3 is 2.53 bits per heavy atom. The molecule has 1 aliphatic heterocycles. The van der Waals surface area contributed by atoms with E-state index < -0.39 is 29.0 Å². The van der Waals surface area contributed by atoms with Gasteiger partial charge in [0.25, 0.3) is 0 Å². The Balaban J connectivity index is 1.97. The van der Waals surface area contributed by atoms with Crippen LogP contribution in [0.5, 0.6) is 5.88 Å². The summed E-state index contributed by atoms with van der Waals surface area (Å²) in [6.07, 6.45) is 1.76. The van der Waals surface area contributed by atoms with Crippen molar-refractivity contribution < 1.29 is 28.6 Å². The number of carboxylic acids is 1. The SMILES string of the molecule is CCOc1ncccc1-c1ccc(N2CCN(C(=O)OC(C)(C)C)C[C@H]2CC)c(C(=O)O)c1F. The normalized spacial score (nSPS) is 16.4. The van der Waals surface area contributed by atoms with E-state index in [1.807, 2.05) is 11.8 Å². The molecule has 1 aromatic carbocycles. The van der Waals surface area contributed by atoms with E-state index in [1.165, 1.54) is 6.20 Å². The molecule has 8 nitrogen and oxygen atoms in total. The lowest BCUT2D eigenvalue weighted by molar-refractivity contribution is 0.0212. The van der Waals surface area contributed by atoms with Gasteiger partial charge in [-0.25, -0.2) is 19.0 Å². The summed E-state index contributed by atoms with van der Waals surface area (Å²) in [4.78, 5) is 32.4. The maximum atomic E-state index is 15.7. The molecule has 0 aliphatic carbocycles. The number of carbonyl (C=O) groups is 2. The van der Waals surface area contributed by atoms with Gasteiger partial charge in [0.15, 0.2) is 0 Å². The number of hydrogen-bond donors (Lipinski definition) is 1. The number of carboxylic acid groups (broad SMARTS) is 1. The number of aromatic carboxylic acids is 1. The molecule has 1 amide bonds. The van der Waals surface area contributed by atoms with Crippen molar-refractivity contribution in [3.63, 3.8) is 0 Å². The third kappa shape index (κ3) is 5.40. The molecule has 0 radical (unpaired) electrons. The molecule has 0 saturated carbocycles. The highest BCUT2D eigenvalue weighted by molar-refractivity contribution is 5.97. The zero-order chi connectivity index (χ0) is 25.0. The number of hydrogen-bond acceptors (Lipinski definition) is 6. The molecule has 3 rings (SSSR count). The van der Waals surface area contributed by atoms with Crippen LogP contribution in [-0.4, -0.2) is 64.9 Å². The summed E-state index contributed by atoms with van der Waals surface area (Å²) >= 11 is 0. The number of ether oxygens (including phenoxy) is 2. The number of carbonyl (C=O) groups excluding carboxylic acids is 1. The van der Waals surface area contributed by atoms with E-state index in [-0.39, 0.29) is 23.2 Å². The van der Waals surface area contributed by atoms with Crippen molar-refractivity contribution in [1.29, 1.82) is 0 Å². The predicted molar refractivity (Wildman–Crippen MR) is 127 cm³/mol.